The number of hydrogen-bond acceptors (Lipinski definition) is 2. The monoisotopic (exact) mass is 183 g/mol. The Labute approximate surface area is 76.6 Å². The van der Waals surface area contributed by atoms with E-state index in [-0.39, 0.29) is 11.9 Å². The van der Waals surface area contributed by atoms with Crippen LogP contribution in [-0.4, -0.2) is 23.0 Å². The van der Waals surface area contributed by atoms with E-state index in [0.29, 0.717) is 5.92 Å². The SMILES string of the molecule is CC1CCC1NC(=O)/C=C/C(=O)O. The van der Waals surface area contributed by atoms with Crippen LogP contribution < -0.4 is 5.32 Å². The van der Waals surface area contributed by atoms with E-state index >= 15 is 0 Å². The van der Waals surface area contributed by atoms with E-state index in [1.165, 1.54) is 0 Å². The highest BCUT2D eigenvalue weighted by atomic mass is 16.4. The van der Waals surface area contributed by atoms with Gasteiger partial charge in [0.2, 0.25) is 5.91 Å². The number of aliphatic carboxylic acids is 1. The van der Waals surface area contributed by atoms with Gasteiger partial charge in [-0.1, -0.05) is 6.92 Å². The van der Waals surface area contributed by atoms with E-state index in [1.54, 1.807) is 0 Å². The molecule has 0 aromatic carbocycles. The highest BCUT2D eigenvalue weighted by Crippen LogP contribution is 2.26. The topological polar surface area (TPSA) is 66.4 Å². The predicted molar refractivity (Wildman–Crippen MR) is 47.1 cm³/mol. The minimum atomic E-state index is -1.10. The number of hydrogen-bond donors (Lipinski definition) is 2. The van der Waals surface area contributed by atoms with Gasteiger partial charge < -0.3 is 10.4 Å². The first-order valence-corrected chi connectivity index (χ1v) is 4.31. The second-order valence-corrected chi connectivity index (χ2v) is 3.34. The van der Waals surface area contributed by atoms with Crippen molar-refractivity contribution in [1.82, 2.24) is 5.32 Å². The minimum Gasteiger partial charge on any atom is -0.478 e. The normalized spacial score (nSPS) is 26.8. The Bertz CT molecular complexity index is 247. The molecule has 13 heavy (non-hydrogen) atoms. The first kappa shape index (κ1) is 9.77. The fraction of sp³-hybridized carbons (Fsp3) is 0.556. The summed E-state index contributed by atoms with van der Waals surface area (Å²) in [5.41, 5.74) is 0. The summed E-state index contributed by atoms with van der Waals surface area (Å²) in [6.07, 6.45) is 4.02. The van der Waals surface area contributed by atoms with Crippen molar-refractivity contribution in [2.75, 3.05) is 0 Å². The average molecular weight is 183 g/mol. The van der Waals surface area contributed by atoms with Gasteiger partial charge in [-0.25, -0.2) is 4.79 Å². The van der Waals surface area contributed by atoms with Gasteiger partial charge in [0.05, 0.1) is 0 Å². The van der Waals surface area contributed by atoms with E-state index in [0.717, 1.165) is 25.0 Å². The standard InChI is InChI=1S/C9H13NO3/c1-6-2-3-7(6)10-8(11)4-5-9(12)13/h4-7H,2-3H2,1H3,(H,10,11)(H,12,13)/b5-4+. The molecule has 1 fully saturated rings. The van der Waals surface area contributed by atoms with Gasteiger partial charge in [0.1, 0.15) is 0 Å². The zero-order valence-corrected chi connectivity index (χ0v) is 7.49. The van der Waals surface area contributed by atoms with Crippen LogP contribution >= 0.6 is 0 Å². The molecule has 4 nitrogen and oxygen atoms in total. The lowest BCUT2D eigenvalue weighted by atomic mass is 9.81. The van der Waals surface area contributed by atoms with Crippen molar-refractivity contribution >= 4 is 11.9 Å². The van der Waals surface area contributed by atoms with Gasteiger partial charge in [0.15, 0.2) is 0 Å². The van der Waals surface area contributed by atoms with Crippen LogP contribution in [0.25, 0.3) is 0 Å². The highest BCUT2D eigenvalue weighted by Gasteiger charge is 2.27. The van der Waals surface area contributed by atoms with Gasteiger partial charge in [-0.3, -0.25) is 4.79 Å². The lowest BCUT2D eigenvalue weighted by Crippen LogP contribution is -2.44. The predicted octanol–water partition coefficient (Wildman–Crippen LogP) is 0.542. The second kappa shape index (κ2) is 4.07. The zero-order chi connectivity index (χ0) is 9.84. The Balaban J connectivity index is 2.29. The molecule has 72 valence electrons. The molecule has 0 aliphatic heterocycles. The van der Waals surface area contributed by atoms with Crippen molar-refractivity contribution < 1.29 is 14.7 Å². The van der Waals surface area contributed by atoms with Crippen LogP contribution in [0, 0.1) is 5.92 Å². The Morgan fingerprint density at radius 2 is 2.08 bits per heavy atom. The third kappa shape index (κ3) is 2.89. The van der Waals surface area contributed by atoms with E-state index in [2.05, 4.69) is 12.2 Å². The molecule has 1 aliphatic rings. The lowest BCUT2D eigenvalue weighted by molar-refractivity contribution is -0.131. The van der Waals surface area contributed by atoms with Gasteiger partial charge in [0, 0.05) is 18.2 Å². The first-order chi connectivity index (χ1) is 6.09. The summed E-state index contributed by atoms with van der Waals surface area (Å²) in [5, 5.41) is 11.0. The molecule has 2 atom stereocenters. The van der Waals surface area contributed by atoms with Crippen LogP contribution in [0.5, 0.6) is 0 Å². The third-order valence-electron chi connectivity index (χ3n) is 2.32. The van der Waals surface area contributed by atoms with Gasteiger partial charge in [-0.05, 0) is 18.8 Å². The number of carboxylic acids is 1. The molecule has 1 saturated carbocycles. The van der Waals surface area contributed by atoms with Crippen LogP contribution in [0.4, 0.5) is 0 Å². The number of nitrogens with one attached hydrogen (secondary N) is 1. The van der Waals surface area contributed by atoms with Gasteiger partial charge >= 0.3 is 5.97 Å². The third-order valence-corrected chi connectivity index (χ3v) is 2.32. The largest absolute Gasteiger partial charge is 0.478 e. The molecule has 0 radical (unpaired) electrons. The number of amides is 1. The molecule has 2 unspecified atom stereocenters. The van der Waals surface area contributed by atoms with E-state index in [4.69, 9.17) is 5.11 Å². The Morgan fingerprint density at radius 3 is 2.46 bits per heavy atom. The van der Waals surface area contributed by atoms with Crippen molar-refractivity contribution in [2.45, 2.75) is 25.8 Å². The fourth-order valence-corrected chi connectivity index (χ4v) is 1.26. The number of carbonyl (C=O) groups is 2. The molecular formula is C9H13NO3. The highest BCUT2D eigenvalue weighted by molar-refractivity contribution is 5.94. The summed E-state index contributed by atoms with van der Waals surface area (Å²) in [4.78, 5) is 21.1. The van der Waals surface area contributed by atoms with Crippen molar-refractivity contribution in [1.29, 1.82) is 0 Å². The second-order valence-electron chi connectivity index (χ2n) is 3.34. The van der Waals surface area contributed by atoms with Crippen molar-refractivity contribution in [2.24, 2.45) is 5.92 Å². The average Bonchev–Trinajstić information content (AvgIpc) is 2.08. The Kier molecular flexibility index (Phi) is 3.06. The minimum absolute atomic E-state index is 0.228. The molecule has 0 spiro atoms. The molecule has 4 heteroatoms. The summed E-state index contributed by atoms with van der Waals surface area (Å²) in [5.74, 6) is -0.905. The van der Waals surface area contributed by atoms with Crippen molar-refractivity contribution in [3.05, 3.63) is 12.2 Å². The molecule has 0 bridgehead atoms. The van der Waals surface area contributed by atoms with E-state index in [9.17, 15) is 9.59 Å². The number of carboxylic acid groups (broad SMARTS) is 1. The number of carbonyl (C=O) groups excluding carboxylic acids is 1. The summed E-state index contributed by atoms with van der Waals surface area (Å²) in [6.45, 7) is 2.06. The van der Waals surface area contributed by atoms with Crippen LogP contribution in [0.1, 0.15) is 19.8 Å². The van der Waals surface area contributed by atoms with Crippen LogP contribution in [-0.2, 0) is 9.59 Å². The Hall–Kier alpha value is -1.32. The van der Waals surface area contributed by atoms with Crippen LogP contribution in [0.3, 0.4) is 0 Å². The summed E-state index contributed by atoms with van der Waals surface area (Å²) in [7, 11) is 0. The molecule has 0 heterocycles. The Morgan fingerprint density at radius 1 is 1.38 bits per heavy atom. The smallest absolute Gasteiger partial charge is 0.328 e. The summed E-state index contributed by atoms with van der Waals surface area (Å²) < 4.78 is 0. The van der Waals surface area contributed by atoms with Gasteiger partial charge in [-0.2, -0.15) is 0 Å². The fourth-order valence-electron chi connectivity index (χ4n) is 1.26. The summed E-state index contributed by atoms with van der Waals surface area (Å²) in [6, 6.07) is 0.228. The first-order valence-electron chi connectivity index (χ1n) is 4.31. The number of rotatable bonds is 3. The van der Waals surface area contributed by atoms with Gasteiger partial charge in [-0.15, -0.1) is 0 Å². The molecule has 0 saturated heterocycles. The van der Waals surface area contributed by atoms with E-state index in [1.807, 2.05) is 0 Å². The van der Waals surface area contributed by atoms with E-state index < -0.39 is 5.97 Å². The summed E-state index contributed by atoms with van der Waals surface area (Å²) >= 11 is 0. The zero-order valence-electron chi connectivity index (χ0n) is 7.49. The molecule has 1 aliphatic carbocycles. The molecule has 0 aromatic rings. The lowest BCUT2D eigenvalue weighted by Gasteiger charge is -2.33. The molecular weight excluding hydrogens is 170 g/mol. The quantitative estimate of drug-likeness (QED) is 0.627. The van der Waals surface area contributed by atoms with Crippen LogP contribution in [0.15, 0.2) is 12.2 Å². The molecule has 2 N–H and O–H groups in total. The van der Waals surface area contributed by atoms with Gasteiger partial charge in [0.25, 0.3) is 0 Å². The van der Waals surface area contributed by atoms with Crippen LogP contribution in [0.2, 0.25) is 0 Å². The van der Waals surface area contributed by atoms with Crippen molar-refractivity contribution in [3.8, 4) is 0 Å². The maximum Gasteiger partial charge on any atom is 0.328 e. The molecule has 1 amide bonds. The molecule has 1 rings (SSSR count). The maximum atomic E-state index is 11.0. The van der Waals surface area contributed by atoms with Crippen molar-refractivity contribution in [3.63, 3.8) is 0 Å². The maximum absolute atomic E-state index is 11.0. The molecule has 0 aromatic heterocycles.